The summed E-state index contributed by atoms with van der Waals surface area (Å²) in [7, 11) is 3.20. The monoisotopic (exact) mass is 253 g/mol. The van der Waals surface area contributed by atoms with Crippen LogP contribution < -0.4 is 5.73 Å². The van der Waals surface area contributed by atoms with E-state index in [4.69, 9.17) is 10.5 Å². The lowest BCUT2D eigenvalue weighted by Crippen LogP contribution is -2.28. The van der Waals surface area contributed by atoms with Crippen LogP contribution in [-0.4, -0.2) is 42.0 Å². The standard InChI is InChI=1S/C12H19N3O3/c1-8(2)15-6-9(13)5-10(15)12(17)18-7-11(16)14(3)4/h5-6,8H,7,13H2,1-4H3. The van der Waals surface area contributed by atoms with Crippen LogP contribution in [0.5, 0.6) is 0 Å². The number of ether oxygens (including phenoxy) is 1. The minimum atomic E-state index is -0.546. The van der Waals surface area contributed by atoms with Gasteiger partial charge in [0.15, 0.2) is 6.61 Å². The molecule has 2 N–H and O–H groups in total. The van der Waals surface area contributed by atoms with Gasteiger partial charge in [0.2, 0.25) is 0 Å². The lowest BCUT2D eigenvalue weighted by molar-refractivity contribution is -0.131. The molecular formula is C12H19N3O3. The van der Waals surface area contributed by atoms with Gasteiger partial charge in [-0.25, -0.2) is 4.79 Å². The molecule has 1 aromatic rings. The van der Waals surface area contributed by atoms with Crippen LogP contribution >= 0.6 is 0 Å². The molecule has 0 aliphatic rings. The zero-order chi connectivity index (χ0) is 13.9. The van der Waals surface area contributed by atoms with E-state index in [2.05, 4.69) is 0 Å². The fourth-order valence-corrected chi connectivity index (χ4v) is 1.42. The third-order valence-electron chi connectivity index (χ3n) is 2.46. The Bertz CT molecular complexity index is 449. The first-order valence-corrected chi connectivity index (χ1v) is 5.67. The zero-order valence-electron chi connectivity index (χ0n) is 11.1. The van der Waals surface area contributed by atoms with E-state index in [0.29, 0.717) is 11.4 Å². The van der Waals surface area contributed by atoms with Crippen molar-refractivity contribution in [1.29, 1.82) is 0 Å². The van der Waals surface area contributed by atoms with Crippen molar-refractivity contribution >= 4 is 17.6 Å². The number of carbonyl (C=O) groups excluding carboxylic acids is 2. The normalized spacial score (nSPS) is 10.5. The van der Waals surface area contributed by atoms with Crippen LogP contribution in [0.25, 0.3) is 0 Å². The number of rotatable bonds is 4. The fourth-order valence-electron chi connectivity index (χ4n) is 1.42. The zero-order valence-corrected chi connectivity index (χ0v) is 11.1. The fraction of sp³-hybridized carbons (Fsp3) is 0.500. The maximum absolute atomic E-state index is 11.8. The van der Waals surface area contributed by atoms with Gasteiger partial charge < -0.3 is 19.9 Å². The van der Waals surface area contributed by atoms with Gasteiger partial charge in [0.25, 0.3) is 5.91 Å². The maximum atomic E-state index is 11.8. The second-order valence-corrected chi connectivity index (χ2v) is 4.52. The summed E-state index contributed by atoms with van der Waals surface area (Å²) in [6, 6.07) is 1.64. The largest absolute Gasteiger partial charge is 0.451 e. The molecule has 0 aromatic carbocycles. The van der Waals surface area contributed by atoms with Gasteiger partial charge in [-0.1, -0.05) is 0 Å². The smallest absolute Gasteiger partial charge is 0.355 e. The summed E-state index contributed by atoms with van der Waals surface area (Å²) in [6.45, 7) is 3.59. The van der Waals surface area contributed by atoms with Gasteiger partial charge in [-0.15, -0.1) is 0 Å². The van der Waals surface area contributed by atoms with E-state index in [9.17, 15) is 9.59 Å². The molecule has 0 atom stereocenters. The van der Waals surface area contributed by atoms with Crippen molar-refractivity contribution in [3.63, 3.8) is 0 Å². The van der Waals surface area contributed by atoms with Crippen molar-refractivity contribution in [3.05, 3.63) is 18.0 Å². The molecule has 6 nitrogen and oxygen atoms in total. The Hall–Kier alpha value is -1.98. The van der Waals surface area contributed by atoms with Gasteiger partial charge in [-0.2, -0.15) is 0 Å². The molecule has 1 heterocycles. The number of anilines is 1. The number of nitrogens with zero attached hydrogens (tertiary/aromatic N) is 2. The van der Waals surface area contributed by atoms with Crippen LogP contribution in [0.15, 0.2) is 12.3 Å². The molecule has 0 bridgehead atoms. The summed E-state index contributed by atoms with van der Waals surface area (Å²) in [6.07, 6.45) is 1.68. The minimum Gasteiger partial charge on any atom is -0.451 e. The van der Waals surface area contributed by atoms with E-state index in [1.165, 1.54) is 4.90 Å². The highest BCUT2D eigenvalue weighted by Gasteiger charge is 2.17. The Morgan fingerprint density at radius 1 is 1.44 bits per heavy atom. The summed E-state index contributed by atoms with van der Waals surface area (Å²) < 4.78 is 6.67. The molecule has 0 saturated carbocycles. The van der Waals surface area contributed by atoms with Crippen LogP contribution in [0.4, 0.5) is 5.69 Å². The van der Waals surface area contributed by atoms with Gasteiger partial charge in [0.05, 0.1) is 5.69 Å². The molecular weight excluding hydrogens is 234 g/mol. The SMILES string of the molecule is CC(C)n1cc(N)cc1C(=O)OCC(=O)N(C)C. The van der Waals surface area contributed by atoms with Gasteiger partial charge in [0, 0.05) is 26.3 Å². The number of amides is 1. The van der Waals surface area contributed by atoms with E-state index in [-0.39, 0.29) is 18.6 Å². The third kappa shape index (κ3) is 3.26. The molecule has 0 spiro atoms. The Labute approximate surface area is 106 Å². The van der Waals surface area contributed by atoms with Crippen LogP contribution in [-0.2, 0) is 9.53 Å². The highest BCUT2D eigenvalue weighted by molar-refractivity contribution is 5.91. The summed E-state index contributed by atoms with van der Waals surface area (Å²) in [4.78, 5) is 24.5. The number of hydrogen-bond acceptors (Lipinski definition) is 4. The van der Waals surface area contributed by atoms with Gasteiger partial charge >= 0.3 is 5.97 Å². The average Bonchev–Trinajstić information content (AvgIpc) is 2.67. The van der Waals surface area contributed by atoms with Crippen LogP contribution in [0.1, 0.15) is 30.4 Å². The molecule has 1 amide bonds. The second kappa shape index (κ2) is 5.57. The van der Waals surface area contributed by atoms with E-state index < -0.39 is 5.97 Å². The van der Waals surface area contributed by atoms with Crippen molar-refractivity contribution < 1.29 is 14.3 Å². The molecule has 0 radical (unpaired) electrons. The van der Waals surface area contributed by atoms with Crippen molar-refractivity contribution in [1.82, 2.24) is 9.47 Å². The van der Waals surface area contributed by atoms with Gasteiger partial charge in [-0.3, -0.25) is 4.79 Å². The van der Waals surface area contributed by atoms with Gasteiger partial charge in [-0.05, 0) is 19.9 Å². The van der Waals surface area contributed by atoms with E-state index >= 15 is 0 Å². The van der Waals surface area contributed by atoms with Gasteiger partial charge in [0.1, 0.15) is 5.69 Å². The molecule has 100 valence electrons. The molecule has 0 aliphatic heterocycles. The quantitative estimate of drug-likeness (QED) is 0.809. The van der Waals surface area contributed by atoms with Crippen molar-refractivity contribution in [2.45, 2.75) is 19.9 Å². The Morgan fingerprint density at radius 2 is 2.06 bits per heavy atom. The average molecular weight is 253 g/mol. The minimum absolute atomic E-state index is 0.0920. The Kier molecular flexibility index (Phi) is 4.36. The summed E-state index contributed by atoms with van der Waals surface area (Å²) in [5.74, 6) is -0.811. The predicted molar refractivity (Wildman–Crippen MR) is 68.2 cm³/mol. The molecule has 0 aliphatic carbocycles. The molecule has 1 rings (SSSR count). The van der Waals surface area contributed by atoms with E-state index in [0.717, 1.165) is 0 Å². The lowest BCUT2D eigenvalue weighted by atomic mass is 10.3. The number of likely N-dealkylation sites (N-methyl/N-ethyl adjacent to an activating group) is 1. The topological polar surface area (TPSA) is 77.6 Å². The predicted octanol–water partition coefficient (Wildman–Crippen LogP) is 0.896. The van der Waals surface area contributed by atoms with Crippen LogP contribution in [0, 0.1) is 0 Å². The molecule has 6 heteroatoms. The number of nitrogen functional groups attached to an aromatic ring is 1. The van der Waals surface area contributed by atoms with Crippen LogP contribution in [0.2, 0.25) is 0 Å². The molecule has 0 fully saturated rings. The molecule has 0 saturated heterocycles. The highest BCUT2D eigenvalue weighted by Crippen LogP contribution is 2.17. The van der Waals surface area contributed by atoms with Crippen molar-refractivity contribution in [2.24, 2.45) is 0 Å². The Morgan fingerprint density at radius 3 is 2.56 bits per heavy atom. The third-order valence-corrected chi connectivity index (χ3v) is 2.46. The number of aromatic nitrogens is 1. The lowest BCUT2D eigenvalue weighted by Gasteiger charge is -2.13. The maximum Gasteiger partial charge on any atom is 0.355 e. The molecule has 0 unspecified atom stereocenters. The first-order valence-electron chi connectivity index (χ1n) is 5.67. The number of nitrogens with two attached hydrogens (primary N) is 1. The Balaban J connectivity index is 2.75. The van der Waals surface area contributed by atoms with E-state index in [1.807, 2.05) is 13.8 Å². The number of esters is 1. The molecule has 1 aromatic heterocycles. The summed E-state index contributed by atoms with van der Waals surface area (Å²) in [5, 5.41) is 0. The van der Waals surface area contributed by atoms with Crippen molar-refractivity contribution in [3.8, 4) is 0 Å². The summed E-state index contributed by atoms with van der Waals surface area (Å²) >= 11 is 0. The first-order chi connectivity index (χ1) is 8.32. The van der Waals surface area contributed by atoms with E-state index in [1.54, 1.807) is 30.9 Å². The highest BCUT2D eigenvalue weighted by atomic mass is 16.5. The van der Waals surface area contributed by atoms with Crippen LogP contribution in [0.3, 0.4) is 0 Å². The second-order valence-electron chi connectivity index (χ2n) is 4.52. The summed E-state index contributed by atoms with van der Waals surface area (Å²) in [5.41, 5.74) is 6.51. The van der Waals surface area contributed by atoms with Crippen molar-refractivity contribution in [2.75, 3.05) is 26.4 Å². The number of carbonyl (C=O) groups is 2. The first kappa shape index (κ1) is 14.1. The molecule has 18 heavy (non-hydrogen) atoms. The number of hydrogen-bond donors (Lipinski definition) is 1.